The normalized spacial score (nSPS) is 18.0. The van der Waals surface area contributed by atoms with Gasteiger partial charge in [0.15, 0.2) is 5.82 Å². The van der Waals surface area contributed by atoms with Crippen LogP contribution in [0.4, 0.5) is 19.0 Å². The lowest BCUT2D eigenvalue weighted by molar-refractivity contribution is -0.137. The number of alkyl halides is 3. The lowest BCUT2D eigenvalue weighted by Gasteiger charge is -2.30. The summed E-state index contributed by atoms with van der Waals surface area (Å²) in [5.41, 5.74) is 0.897. The fraction of sp³-hybridized carbons (Fsp3) is 0.381. The number of halogens is 3. The molecule has 4 rings (SSSR count). The Labute approximate surface area is 171 Å². The van der Waals surface area contributed by atoms with Gasteiger partial charge in [-0.1, -0.05) is 0 Å². The number of nitrogens with one attached hydrogen (secondary N) is 1. The van der Waals surface area contributed by atoms with Gasteiger partial charge < -0.3 is 15.3 Å². The number of anilines is 1. The van der Waals surface area contributed by atoms with Gasteiger partial charge in [-0.05, 0) is 63.7 Å². The molecular weight excluding hydrogens is 395 g/mol. The van der Waals surface area contributed by atoms with Gasteiger partial charge >= 0.3 is 6.18 Å². The zero-order valence-electron chi connectivity index (χ0n) is 16.7. The highest BCUT2D eigenvalue weighted by Crippen LogP contribution is 2.38. The molecule has 0 spiro atoms. The van der Waals surface area contributed by atoms with Gasteiger partial charge in [0.1, 0.15) is 17.0 Å². The second-order valence-corrected chi connectivity index (χ2v) is 7.72. The van der Waals surface area contributed by atoms with Gasteiger partial charge in [-0.25, -0.2) is 4.98 Å². The summed E-state index contributed by atoms with van der Waals surface area (Å²) in [5.74, 6) is 0.0276. The minimum atomic E-state index is -4.54. The number of fused-ring (bicyclic) bond motifs is 1. The third kappa shape index (κ3) is 4.02. The van der Waals surface area contributed by atoms with Crippen molar-refractivity contribution in [1.29, 1.82) is 0 Å². The number of piperidine rings is 1. The van der Waals surface area contributed by atoms with E-state index >= 15 is 0 Å². The quantitative estimate of drug-likeness (QED) is 0.664. The number of benzene rings is 1. The Bertz CT molecular complexity index is 1090. The lowest BCUT2D eigenvalue weighted by Crippen LogP contribution is -2.40. The Kier molecular flexibility index (Phi) is 5.23. The summed E-state index contributed by atoms with van der Waals surface area (Å²) >= 11 is 0. The molecular formula is C21H22F3N5O. The SMILES string of the molecule is Cc1ccc2c(-c3ccc(C(F)(F)F)cc3O)nnc(N[C@@H]3CCCN(C)C3)c2n1. The highest BCUT2D eigenvalue weighted by Gasteiger charge is 2.31. The molecule has 0 unspecified atom stereocenters. The van der Waals surface area contributed by atoms with Gasteiger partial charge in [-0.15, -0.1) is 10.2 Å². The predicted octanol–water partition coefficient (Wildman–Crippen LogP) is 4.23. The van der Waals surface area contributed by atoms with Crippen molar-refractivity contribution in [1.82, 2.24) is 20.1 Å². The van der Waals surface area contributed by atoms with Gasteiger partial charge in [-0.2, -0.15) is 13.2 Å². The maximum Gasteiger partial charge on any atom is 0.416 e. The summed E-state index contributed by atoms with van der Waals surface area (Å²) in [6.07, 6.45) is -2.46. The van der Waals surface area contributed by atoms with E-state index in [1.54, 1.807) is 12.1 Å². The molecule has 2 aromatic heterocycles. The number of pyridine rings is 1. The Morgan fingerprint density at radius 1 is 1.17 bits per heavy atom. The summed E-state index contributed by atoms with van der Waals surface area (Å²) in [7, 11) is 2.07. The first-order chi connectivity index (χ1) is 14.2. The van der Waals surface area contributed by atoms with Crippen molar-refractivity contribution in [3.8, 4) is 17.0 Å². The van der Waals surface area contributed by atoms with Crippen LogP contribution in [0.5, 0.6) is 5.75 Å². The summed E-state index contributed by atoms with van der Waals surface area (Å²) in [6.45, 7) is 3.78. The first-order valence-corrected chi connectivity index (χ1v) is 9.72. The second-order valence-electron chi connectivity index (χ2n) is 7.72. The zero-order chi connectivity index (χ0) is 21.5. The van der Waals surface area contributed by atoms with Crippen LogP contribution in [-0.2, 0) is 6.18 Å². The van der Waals surface area contributed by atoms with Crippen LogP contribution in [0.3, 0.4) is 0 Å². The standard InChI is InChI=1S/C21H22F3N5O/c1-12-5-7-16-18(15-8-6-13(10-17(15)30)21(22,23)24)27-28-20(19(16)25-12)26-14-4-3-9-29(2)11-14/h5-8,10,14,30H,3-4,9,11H2,1-2H3,(H,26,28)/t14-/m1/s1. The largest absolute Gasteiger partial charge is 0.507 e. The first kappa shape index (κ1) is 20.3. The molecule has 0 amide bonds. The van der Waals surface area contributed by atoms with E-state index in [2.05, 4.69) is 32.4 Å². The van der Waals surface area contributed by atoms with E-state index in [0.29, 0.717) is 22.8 Å². The van der Waals surface area contributed by atoms with E-state index < -0.39 is 17.5 Å². The van der Waals surface area contributed by atoms with Crippen LogP contribution in [0.25, 0.3) is 22.2 Å². The minimum Gasteiger partial charge on any atom is -0.507 e. The van der Waals surface area contributed by atoms with E-state index in [9.17, 15) is 18.3 Å². The second kappa shape index (κ2) is 7.71. The number of hydrogen-bond donors (Lipinski definition) is 2. The molecule has 3 heterocycles. The fourth-order valence-electron chi connectivity index (χ4n) is 3.81. The number of nitrogens with zero attached hydrogens (tertiary/aromatic N) is 4. The summed E-state index contributed by atoms with van der Waals surface area (Å²) in [4.78, 5) is 6.83. The van der Waals surface area contributed by atoms with E-state index in [1.807, 2.05) is 6.92 Å². The minimum absolute atomic E-state index is 0.176. The molecule has 0 saturated carbocycles. The molecule has 1 aromatic carbocycles. The Hall–Kier alpha value is -2.94. The van der Waals surface area contributed by atoms with Gasteiger partial charge in [0.05, 0.1) is 5.56 Å². The van der Waals surface area contributed by atoms with Crippen molar-refractivity contribution in [2.75, 3.05) is 25.5 Å². The average molecular weight is 417 g/mol. The number of likely N-dealkylation sites (tertiary alicyclic amines) is 1. The molecule has 3 aromatic rings. The van der Waals surface area contributed by atoms with Crippen molar-refractivity contribution < 1.29 is 18.3 Å². The van der Waals surface area contributed by atoms with E-state index in [4.69, 9.17) is 0 Å². The van der Waals surface area contributed by atoms with Crippen LogP contribution in [0.15, 0.2) is 30.3 Å². The highest BCUT2D eigenvalue weighted by atomic mass is 19.4. The lowest BCUT2D eigenvalue weighted by atomic mass is 10.0. The number of hydrogen-bond acceptors (Lipinski definition) is 6. The Balaban J connectivity index is 1.78. The fourth-order valence-corrected chi connectivity index (χ4v) is 3.81. The molecule has 30 heavy (non-hydrogen) atoms. The van der Waals surface area contributed by atoms with Crippen LogP contribution in [0, 0.1) is 6.92 Å². The molecule has 9 heteroatoms. The van der Waals surface area contributed by atoms with Gasteiger partial charge in [0.25, 0.3) is 0 Å². The van der Waals surface area contributed by atoms with Crippen LogP contribution >= 0.6 is 0 Å². The Morgan fingerprint density at radius 3 is 2.67 bits per heavy atom. The molecule has 1 saturated heterocycles. The van der Waals surface area contributed by atoms with Crippen molar-refractivity contribution in [3.05, 3.63) is 41.6 Å². The average Bonchev–Trinajstić information content (AvgIpc) is 2.68. The maximum atomic E-state index is 12.9. The molecule has 6 nitrogen and oxygen atoms in total. The molecule has 0 radical (unpaired) electrons. The van der Waals surface area contributed by atoms with Crippen LogP contribution < -0.4 is 5.32 Å². The third-order valence-corrected chi connectivity index (χ3v) is 5.31. The number of phenols is 1. The van der Waals surface area contributed by atoms with Crippen LogP contribution in [0.1, 0.15) is 24.1 Å². The van der Waals surface area contributed by atoms with E-state index in [1.165, 1.54) is 6.07 Å². The third-order valence-electron chi connectivity index (χ3n) is 5.31. The molecule has 158 valence electrons. The molecule has 1 aliphatic rings. The summed E-state index contributed by atoms with van der Waals surface area (Å²) in [5, 5.41) is 22.8. The monoisotopic (exact) mass is 417 g/mol. The predicted molar refractivity (Wildman–Crippen MR) is 108 cm³/mol. The summed E-state index contributed by atoms with van der Waals surface area (Å²) in [6, 6.07) is 6.64. The topological polar surface area (TPSA) is 74.2 Å². The van der Waals surface area contributed by atoms with Crippen molar-refractivity contribution in [2.24, 2.45) is 0 Å². The molecule has 0 aliphatic carbocycles. The first-order valence-electron chi connectivity index (χ1n) is 9.72. The highest BCUT2D eigenvalue weighted by molar-refractivity contribution is 5.98. The molecule has 1 aliphatic heterocycles. The summed E-state index contributed by atoms with van der Waals surface area (Å²) < 4.78 is 38.8. The molecule has 2 N–H and O–H groups in total. The van der Waals surface area contributed by atoms with Crippen LogP contribution in [-0.4, -0.2) is 51.4 Å². The van der Waals surface area contributed by atoms with Gasteiger partial charge in [-0.3, -0.25) is 0 Å². The van der Waals surface area contributed by atoms with Crippen LogP contribution in [0.2, 0.25) is 0 Å². The Morgan fingerprint density at radius 2 is 1.97 bits per heavy atom. The van der Waals surface area contributed by atoms with Crippen molar-refractivity contribution >= 4 is 16.7 Å². The van der Waals surface area contributed by atoms with Gasteiger partial charge in [0.2, 0.25) is 0 Å². The molecule has 1 atom stereocenters. The van der Waals surface area contributed by atoms with Crippen molar-refractivity contribution in [3.63, 3.8) is 0 Å². The van der Waals surface area contributed by atoms with Crippen molar-refractivity contribution in [2.45, 2.75) is 32.0 Å². The number of aromatic hydroxyl groups is 1. The van der Waals surface area contributed by atoms with Gasteiger partial charge in [0, 0.05) is 29.2 Å². The number of likely N-dealkylation sites (N-methyl/N-ethyl adjacent to an activating group) is 1. The smallest absolute Gasteiger partial charge is 0.416 e. The molecule has 1 fully saturated rings. The number of aromatic nitrogens is 3. The van der Waals surface area contributed by atoms with E-state index in [-0.39, 0.29) is 17.3 Å². The number of aryl methyl sites for hydroxylation is 1. The van der Waals surface area contributed by atoms with E-state index in [0.717, 1.165) is 37.7 Å². The number of phenolic OH excluding ortho intramolecular Hbond substituents is 1. The number of rotatable bonds is 3. The zero-order valence-corrected chi connectivity index (χ0v) is 16.7. The maximum absolute atomic E-state index is 12.9. The molecule has 0 bridgehead atoms.